The largest absolute Gasteiger partial charge is 0.508 e. The monoisotopic (exact) mass is 652 g/mol. The first-order valence-corrected chi connectivity index (χ1v) is 17.7. The Morgan fingerprint density at radius 1 is 0.574 bits per heavy atom. The van der Waals surface area contributed by atoms with Crippen LogP contribution >= 0.6 is 0 Å². The van der Waals surface area contributed by atoms with Gasteiger partial charge in [-0.2, -0.15) is 0 Å². The van der Waals surface area contributed by atoms with Gasteiger partial charge in [-0.1, -0.05) is 81.4 Å². The first-order chi connectivity index (χ1) is 21.6. The predicted molar refractivity (Wildman–Crippen MR) is 190 cm³/mol. The molecule has 0 saturated carbocycles. The van der Waals surface area contributed by atoms with Gasteiger partial charge in [0.1, 0.15) is 11.5 Å². The molecule has 6 nitrogen and oxygen atoms in total. The zero-order chi connectivity index (χ0) is 35.0. The molecule has 1 spiro atoms. The maximum Gasteiger partial charge on any atom is 0.157 e. The lowest BCUT2D eigenvalue weighted by Gasteiger charge is -2.43. The third-order valence-electron chi connectivity index (χ3n) is 9.91. The van der Waals surface area contributed by atoms with Crippen molar-refractivity contribution in [2.24, 2.45) is 16.2 Å². The number of hydrogen-bond donors (Lipinski definition) is 2. The van der Waals surface area contributed by atoms with Crippen molar-refractivity contribution in [3.05, 3.63) is 57.6 Å². The maximum absolute atomic E-state index is 10.8. The van der Waals surface area contributed by atoms with Crippen molar-refractivity contribution in [2.75, 3.05) is 26.4 Å². The van der Waals surface area contributed by atoms with Crippen LogP contribution in [0.15, 0.2) is 24.3 Å². The van der Waals surface area contributed by atoms with Crippen molar-refractivity contribution < 1.29 is 29.2 Å². The first kappa shape index (κ1) is 37.7. The Bertz CT molecular complexity index is 1250. The van der Waals surface area contributed by atoms with E-state index >= 15 is 0 Å². The second-order valence-electron chi connectivity index (χ2n) is 18.5. The van der Waals surface area contributed by atoms with Crippen LogP contribution in [0, 0.1) is 30.1 Å². The summed E-state index contributed by atoms with van der Waals surface area (Å²) in [7, 11) is 0. The van der Waals surface area contributed by atoms with E-state index in [9.17, 15) is 10.2 Å². The number of rotatable bonds is 10. The minimum Gasteiger partial charge on any atom is -0.508 e. The molecule has 0 aliphatic carbocycles. The molecule has 2 aromatic rings. The van der Waals surface area contributed by atoms with Gasteiger partial charge in [-0.15, -0.1) is 0 Å². The number of hydrogen-bond acceptors (Lipinski definition) is 6. The summed E-state index contributed by atoms with van der Waals surface area (Å²) in [5.74, 6) is 0.761. The first-order valence-electron chi connectivity index (χ1n) is 17.7. The lowest BCUT2D eigenvalue weighted by molar-refractivity contribution is -0.303. The number of ether oxygens (including phenoxy) is 4. The Morgan fingerprint density at radius 2 is 0.894 bits per heavy atom. The third kappa shape index (κ3) is 9.97. The lowest BCUT2D eigenvalue weighted by Crippen LogP contribution is -2.52. The Morgan fingerprint density at radius 3 is 1.19 bits per heavy atom. The van der Waals surface area contributed by atoms with Gasteiger partial charge in [-0.25, -0.2) is 0 Å². The number of phenols is 2. The second kappa shape index (κ2) is 14.0. The summed E-state index contributed by atoms with van der Waals surface area (Å²) in [5.41, 5.74) is 6.42. The molecular weight excluding hydrogens is 588 g/mol. The van der Waals surface area contributed by atoms with Gasteiger partial charge in [0.2, 0.25) is 0 Å². The molecule has 0 radical (unpaired) electrons. The quantitative estimate of drug-likeness (QED) is 0.266. The van der Waals surface area contributed by atoms with Crippen LogP contribution in [-0.2, 0) is 42.6 Å². The summed E-state index contributed by atoms with van der Waals surface area (Å²) < 4.78 is 24.9. The van der Waals surface area contributed by atoms with E-state index in [0.717, 1.165) is 60.8 Å². The molecule has 0 aromatic heterocycles. The van der Waals surface area contributed by atoms with Gasteiger partial charge in [0.05, 0.1) is 31.8 Å². The Hall–Kier alpha value is -2.12. The van der Waals surface area contributed by atoms with Crippen LogP contribution in [0.1, 0.15) is 128 Å². The molecule has 2 aliphatic heterocycles. The van der Waals surface area contributed by atoms with E-state index in [1.165, 1.54) is 11.1 Å². The minimum absolute atomic E-state index is 0.136. The van der Waals surface area contributed by atoms with Gasteiger partial charge in [-0.3, -0.25) is 0 Å². The SMILES string of the molecule is Cc1cc(O)c(C(C)(C)CC(C)(C)C)cc1CCC1OCC2(CO1)COC(CCc1cc(C(C)(C)CC(C)(C)C)c(O)cc1C)OC2. The van der Waals surface area contributed by atoms with Crippen LogP contribution in [0.2, 0.25) is 0 Å². The predicted octanol–water partition coefficient (Wildman–Crippen LogP) is 9.44. The summed E-state index contributed by atoms with van der Waals surface area (Å²) in [6, 6.07) is 8.21. The normalized spacial score (nSPS) is 23.0. The zero-order valence-electron chi connectivity index (χ0n) is 31.6. The highest BCUT2D eigenvalue weighted by Gasteiger charge is 2.42. The third-order valence-corrected chi connectivity index (χ3v) is 9.91. The van der Waals surface area contributed by atoms with Gasteiger partial charge in [0, 0.05) is 12.8 Å². The summed E-state index contributed by atoms with van der Waals surface area (Å²) >= 11 is 0. The highest BCUT2D eigenvalue weighted by molar-refractivity contribution is 5.46. The number of phenolic OH excluding ortho intramolecular Hbond substituents is 2. The summed E-state index contributed by atoms with van der Waals surface area (Å²) in [6.07, 6.45) is 4.57. The minimum atomic E-state index is -0.287. The molecule has 6 heteroatoms. The number of benzene rings is 2. The van der Waals surface area contributed by atoms with Crippen molar-refractivity contribution in [1.29, 1.82) is 0 Å². The van der Waals surface area contributed by atoms with Crippen molar-refractivity contribution in [3.8, 4) is 11.5 Å². The molecule has 0 bridgehead atoms. The molecule has 47 heavy (non-hydrogen) atoms. The maximum atomic E-state index is 10.8. The van der Waals surface area contributed by atoms with E-state index in [1.54, 1.807) is 0 Å². The standard InChI is InChI=1S/C41H64O6/c1-27-17-33(42)31(39(9,10)21-37(3,4)5)19-29(27)13-15-35-44-23-41(24-45-35)25-46-36(47-26-41)16-14-30-20-32(34(43)18-28(30)2)40(11,12)22-38(6,7)8/h17-20,35-36,42-43H,13-16,21-26H2,1-12H3. The molecule has 2 aliphatic rings. The van der Waals surface area contributed by atoms with Crippen LogP contribution in [0.25, 0.3) is 0 Å². The van der Waals surface area contributed by atoms with Gasteiger partial charge < -0.3 is 29.2 Å². The van der Waals surface area contributed by atoms with E-state index in [0.29, 0.717) is 37.9 Å². The second-order valence-corrected chi connectivity index (χ2v) is 18.5. The smallest absolute Gasteiger partial charge is 0.157 e. The molecule has 4 rings (SSSR count). The summed E-state index contributed by atoms with van der Waals surface area (Å²) in [4.78, 5) is 0. The molecular formula is C41H64O6. The molecule has 2 N–H and O–H groups in total. The summed E-state index contributed by atoms with van der Waals surface area (Å²) in [5, 5.41) is 21.7. The fourth-order valence-electron chi connectivity index (χ4n) is 8.25. The van der Waals surface area contributed by atoms with Crippen LogP contribution in [0.4, 0.5) is 0 Å². The lowest BCUT2D eigenvalue weighted by atomic mass is 9.71. The van der Waals surface area contributed by atoms with E-state index < -0.39 is 0 Å². The molecule has 0 atom stereocenters. The van der Waals surface area contributed by atoms with Crippen molar-refractivity contribution in [2.45, 2.75) is 145 Å². The zero-order valence-corrected chi connectivity index (χ0v) is 31.6. The molecule has 0 unspecified atom stereocenters. The Labute approximate surface area is 285 Å². The fraction of sp³-hybridized carbons (Fsp3) is 0.707. The molecule has 0 amide bonds. The molecule has 2 saturated heterocycles. The van der Waals surface area contributed by atoms with Gasteiger partial charge >= 0.3 is 0 Å². The van der Waals surface area contributed by atoms with Crippen molar-refractivity contribution in [3.63, 3.8) is 0 Å². The van der Waals surface area contributed by atoms with Crippen molar-refractivity contribution >= 4 is 0 Å². The van der Waals surface area contributed by atoms with E-state index in [-0.39, 0.29) is 39.7 Å². The van der Waals surface area contributed by atoms with Gasteiger partial charge in [0.25, 0.3) is 0 Å². The average molecular weight is 653 g/mol. The Balaban J connectivity index is 1.28. The molecule has 264 valence electrons. The van der Waals surface area contributed by atoms with Crippen molar-refractivity contribution in [1.82, 2.24) is 0 Å². The summed E-state index contributed by atoms with van der Waals surface area (Å²) in [6.45, 7) is 28.7. The van der Waals surface area contributed by atoms with Gasteiger partial charge in [0.15, 0.2) is 12.6 Å². The fourth-order valence-corrected chi connectivity index (χ4v) is 8.25. The Kier molecular flexibility index (Phi) is 11.2. The van der Waals surface area contributed by atoms with E-state index in [2.05, 4.69) is 95.2 Å². The van der Waals surface area contributed by atoms with Crippen LogP contribution < -0.4 is 0 Å². The van der Waals surface area contributed by atoms with E-state index in [4.69, 9.17) is 18.9 Å². The van der Waals surface area contributed by atoms with Gasteiger partial charge in [-0.05, 0) is 107 Å². The van der Waals surface area contributed by atoms with Crippen LogP contribution in [-0.4, -0.2) is 49.2 Å². The highest BCUT2D eigenvalue weighted by atomic mass is 16.7. The number of aryl methyl sites for hydroxylation is 4. The van der Waals surface area contributed by atoms with E-state index in [1.807, 2.05) is 12.1 Å². The topological polar surface area (TPSA) is 77.4 Å². The highest BCUT2D eigenvalue weighted by Crippen LogP contribution is 2.43. The number of aromatic hydroxyl groups is 2. The average Bonchev–Trinajstić information content (AvgIpc) is 2.91. The van der Waals surface area contributed by atoms with Crippen LogP contribution in [0.3, 0.4) is 0 Å². The molecule has 2 aromatic carbocycles. The molecule has 2 fully saturated rings. The molecule has 2 heterocycles. The van der Waals surface area contributed by atoms with Crippen LogP contribution in [0.5, 0.6) is 11.5 Å².